The van der Waals surface area contributed by atoms with Gasteiger partial charge in [-0.3, -0.25) is 9.59 Å². The Morgan fingerprint density at radius 2 is 2.07 bits per heavy atom. The van der Waals surface area contributed by atoms with Crippen LogP contribution in [0.1, 0.15) is 16.8 Å². The summed E-state index contributed by atoms with van der Waals surface area (Å²) >= 11 is 0. The molecular weight excluding hydrogens is 194 g/mol. The summed E-state index contributed by atoms with van der Waals surface area (Å²) in [5.41, 5.74) is 12.9. The van der Waals surface area contributed by atoms with Crippen LogP contribution in [0.15, 0.2) is 10.9 Å². The van der Waals surface area contributed by atoms with E-state index in [4.69, 9.17) is 11.5 Å². The highest BCUT2D eigenvalue weighted by atomic mass is 16.2. The first-order chi connectivity index (χ1) is 6.97. The summed E-state index contributed by atoms with van der Waals surface area (Å²) in [5, 5.41) is 0. The molecule has 1 aromatic rings. The molecule has 0 unspecified atom stereocenters. The Kier molecular flexibility index (Phi) is 3.26. The average Bonchev–Trinajstić information content (AvgIpc) is 2.12. The highest BCUT2D eigenvalue weighted by molar-refractivity contribution is 5.73. The van der Waals surface area contributed by atoms with E-state index in [0.29, 0.717) is 12.2 Å². The molecule has 0 aliphatic rings. The minimum Gasteiger partial charge on any atom is -0.368 e. The topological polar surface area (TPSA) is 91.1 Å². The van der Waals surface area contributed by atoms with Gasteiger partial charge in [0, 0.05) is 18.3 Å². The lowest BCUT2D eigenvalue weighted by molar-refractivity contribution is -0.118. The fraction of sp³-hybridized carbons (Fsp3) is 0.400. The van der Waals surface area contributed by atoms with E-state index in [0.717, 1.165) is 11.1 Å². The van der Waals surface area contributed by atoms with E-state index in [2.05, 4.69) is 0 Å². The number of aromatic nitrogens is 1. The van der Waals surface area contributed by atoms with Crippen LogP contribution in [-0.4, -0.2) is 10.5 Å². The molecular formula is C10H15N3O2. The van der Waals surface area contributed by atoms with Crippen molar-refractivity contribution in [2.75, 3.05) is 0 Å². The van der Waals surface area contributed by atoms with E-state index >= 15 is 0 Å². The van der Waals surface area contributed by atoms with Gasteiger partial charge in [0.25, 0.3) is 5.56 Å². The summed E-state index contributed by atoms with van der Waals surface area (Å²) < 4.78 is 1.34. The van der Waals surface area contributed by atoms with Crippen LogP contribution in [-0.2, 0) is 17.9 Å². The molecule has 0 aliphatic carbocycles. The number of rotatable bonds is 3. The van der Waals surface area contributed by atoms with Gasteiger partial charge in [-0.25, -0.2) is 0 Å². The van der Waals surface area contributed by atoms with Crippen LogP contribution in [0.4, 0.5) is 0 Å². The van der Waals surface area contributed by atoms with Gasteiger partial charge in [-0.2, -0.15) is 0 Å². The van der Waals surface area contributed by atoms with Crippen molar-refractivity contribution in [1.29, 1.82) is 0 Å². The maximum absolute atomic E-state index is 11.6. The lowest BCUT2D eigenvalue weighted by atomic mass is 10.1. The lowest BCUT2D eigenvalue weighted by Crippen LogP contribution is -2.30. The van der Waals surface area contributed by atoms with Crippen LogP contribution in [0.25, 0.3) is 0 Å². The van der Waals surface area contributed by atoms with Gasteiger partial charge in [0.2, 0.25) is 5.91 Å². The third kappa shape index (κ3) is 2.24. The molecule has 0 aliphatic heterocycles. The molecule has 82 valence electrons. The average molecular weight is 209 g/mol. The van der Waals surface area contributed by atoms with Crippen molar-refractivity contribution >= 4 is 5.91 Å². The van der Waals surface area contributed by atoms with Gasteiger partial charge < -0.3 is 16.0 Å². The fourth-order valence-electron chi connectivity index (χ4n) is 1.62. The molecule has 0 radical (unpaired) electrons. The molecule has 0 aromatic carbocycles. The Balaban J connectivity index is 3.39. The molecule has 0 bridgehead atoms. The number of amides is 1. The first kappa shape index (κ1) is 11.5. The summed E-state index contributed by atoms with van der Waals surface area (Å²) in [6, 6.07) is 1.47. The van der Waals surface area contributed by atoms with Crippen LogP contribution in [0, 0.1) is 13.8 Å². The number of pyridine rings is 1. The summed E-state index contributed by atoms with van der Waals surface area (Å²) in [7, 11) is 0. The number of nitrogens with two attached hydrogens (primary N) is 2. The molecule has 1 aromatic heterocycles. The van der Waals surface area contributed by atoms with Gasteiger partial charge in [-0.05, 0) is 25.0 Å². The van der Waals surface area contributed by atoms with Crippen LogP contribution in [0.2, 0.25) is 0 Å². The molecule has 1 heterocycles. The van der Waals surface area contributed by atoms with E-state index in [1.54, 1.807) is 6.92 Å². The number of hydrogen-bond acceptors (Lipinski definition) is 3. The van der Waals surface area contributed by atoms with E-state index < -0.39 is 5.91 Å². The third-order valence-electron chi connectivity index (χ3n) is 2.44. The smallest absolute Gasteiger partial charge is 0.251 e. The van der Waals surface area contributed by atoms with Crippen molar-refractivity contribution < 1.29 is 4.79 Å². The first-order valence-electron chi connectivity index (χ1n) is 4.65. The monoisotopic (exact) mass is 209 g/mol. The molecule has 15 heavy (non-hydrogen) atoms. The van der Waals surface area contributed by atoms with E-state index in [9.17, 15) is 9.59 Å². The second kappa shape index (κ2) is 4.27. The van der Waals surface area contributed by atoms with Gasteiger partial charge in [0.15, 0.2) is 0 Å². The first-order valence-corrected chi connectivity index (χ1v) is 4.65. The molecule has 0 fully saturated rings. The van der Waals surface area contributed by atoms with E-state index in [-0.39, 0.29) is 12.1 Å². The second-order valence-electron chi connectivity index (χ2n) is 3.49. The third-order valence-corrected chi connectivity index (χ3v) is 2.44. The maximum Gasteiger partial charge on any atom is 0.251 e. The molecule has 0 saturated heterocycles. The molecule has 0 atom stereocenters. The van der Waals surface area contributed by atoms with E-state index in [1.807, 2.05) is 6.92 Å². The van der Waals surface area contributed by atoms with E-state index in [1.165, 1.54) is 10.6 Å². The summed E-state index contributed by atoms with van der Waals surface area (Å²) in [6.07, 6.45) is 0. The van der Waals surface area contributed by atoms with Crippen molar-refractivity contribution in [3.8, 4) is 0 Å². The molecule has 1 amide bonds. The number of aryl methyl sites for hydroxylation is 1. The van der Waals surface area contributed by atoms with Crippen LogP contribution in [0.5, 0.6) is 0 Å². The van der Waals surface area contributed by atoms with Gasteiger partial charge in [0.05, 0.1) is 0 Å². The van der Waals surface area contributed by atoms with Gasteiger partial charge in [0.1, 0.15) is 6.54 Å². The van der Waals surface area contributed by atoms with Crippen molar-refractivity contribution in [1.82, 2.24) is 4.57 Å². The molecule has 0 saturated carbocycles. The lowest BCUT2D eigenvalue weighted by Gasteiger charge is -2.13. The zero-order valence-electron chi connectivity index (χ0n) is 8.91. The number of hydrogen-bond donors (Lipinski definition) is 2. The zero-order chi connectivity index (χ0) is 11.6. The van der Waals surface area contributed by atoms with Gasteiger partial charge in [-0.15, -0.1) is 0 Å². The van der Waals surface area contributed by atoms with Crippen molar-refractivity contribution in [3.63, 3.8) is 0 Å². The Bertz CT molecular complexity index is 449. The minimum absolute atomic E-state index is 0.0993. The molecule has 4 N–H and O–H groups in total. The van der Waals surface area contributed by atoms with Gasteiger partial charge >= 0.3 is 0 Å². The number of carbonyl (C=O) groups excluding carboxylic acids is 1. The van der Waals surface area contributed by atoms with Crippen molar-refractivity contribution in [3.05, 3.63) is 33.2 Å². The van der Waals surface area contributed by atoms with Crippen LogP contribution >= 0.6 is 0 Å². The molecule has 5 heteroatoms. The summed E-state index contributed by atoms with van der Waals surface area (Å²) in [5.74, 6) is -0.535. The van der Waals surface area contributed by atoms with Gasteiger partial charge in [-0.1, -0.05) is 0 Å². The van der Waals surface area contributed by atoms with Crippen LogP contribution in [0.3, 0.4) is 0 Å². The number of primary amides is 1. The summed E-state index contributed by atoms with van der Waals surface area (Å²) in [4.78, 5) is 22.4. The van der Waals surface area contributed by atoms with Crippen molar-refractivity contribution in [2.45, 2.75) is 26.9 Å². The molecule has 5 nitrogen and oxygen atoms in total. The predicted octanol–water partition coefficient (Wildman–Crippen LogP) is -0.591. The Morgan fingerprint density at radius 1 is 1.47 bits per heavy atom. The Labute approximate surface area is 87.7 Å². The standard InChI is InChI=1S/C10H15N3O2/c1-6-3-10(15)13(5-9(12)14)7(2)8(6)4-11/h3H,4-5,11H2,1-2H3,(H2,12,14). The normalized spacial score (nSPS) is 10.3. The fourth-order valence-corrected chi connectivity index (χ4v) is 1.62. The molecule has 1 rings (SSSR count). The highest BCUT2D eigenvalue weighted by Crippen LogP contribution is 2.09. The quantitative estimate of drug-likeness (QED) is 0.697. The summed E-state index contributed by atoms with van der Waals surface area (Å²) in [6.45, 7) is 3.83. The number of carbonyl (C=O) groups is 1. The zero-order valence-corrected chi connectivity index (χ0v) is 8.91. The SMILES string of the molecule is Cc1cc(=O)n(CC(N)=O)c(C)c1CN. The highest BCUT2D eigenvalue weighted by Gasteiger charge is 2.09. The Hall–Kier alpha value is -1.62. The number of nitrogens with zero attached hydrogens (tertiary/aromatic N) is 1. The Morgan fingerprint density at radius 3 is 2.53 bits per heavy atom. The molecule has 0 spiro atoms. The second-order valence-corrected chi connectivity index (χ2v) is 3.49. The largest absolute Gasteiger partial charge is 0.368 e. The minimum atomic E-state index is -0.535. The van der Waals surface area contributed by atoms with Crippen molar-refractivity contribution in [2.24, 2.45) is 11.5 Å². The van der Waals surface area contributed by atoms with Crippen LogP contribution < -0.4 is 17.0 Å². The maximum atomic E-state index is 11.6. The predicted molar refractivity (Wildman–Crippen MR) is 57.3 cm³/mol.